The summed E-state index contributed by atoms with van der Waals surface area (Å²) in [6.07, 6.45) is 2.03. The molecule has 0 radical (unpaired) electrons. The van der Waals surface area contributed by atoms with Crippen LogP contribution in [0.3, 0.4) is 0 Å². The van der Waals surface area contributed by atoms with Crippen molar-refractivity contribution in [3.63, 3.8) is 0 Å². The SMILES string of the molecule is Cc1nc2c(SCCN(C)C)nc(CCCN3CCN(C)CC3)nc2n1C. The second-order valence-electron chi connectivity index (χ2n) is 7.74. The van der Waals surface area contributed by atoms with Gasteiger partial charge in [-0.05, 0) is 41.0 Å². The Morgan fingerprint density at radius 1 is 1.04 bits per heavy atom. The number of imidazole rings is 1. The van der Waals surface area contributed by atoms with Crippen molar-refractivity contribution in [3.05, 3.63) is 11.6 Å². The van der Waals surface area contributed by atoms with E-state index < -0.39 is 0 Å². The van der Waals surface area contributed by atoms with Crippen LogP contribution in [-0.2, 0) is 13.5 Å². The number of fused-ring (bicyclic) bond motifs is 1. The van der Waals surface area contributed by atoms with Crippen LogP contribution in [0.4, 0.5) is 0 Å². The third-order valence-corrected chi connectivity index (χ3v) is 6.15. The van der Waals surface area contributed by atoms with Crippen molar-refractivity contribution in [1.82, 2.24) is 34.2 Å². The fourth-order valence-corrected chi connectivity index (χ4v) is 4.35. The molecule has 1 saturated heterocycles. The van der Waals surface area contributed by atoms with Crippen molar-refractivity contribution >= 4 is 22.9 Å². The van der Waals surface area contributed by atoms with Crippen LogP contribution in [0.15, 0.2) is 5.03 Å². The van der Waals surface area contributed by atoms with Crippen LogP contribution in [0.1, 0.15) is 18.1 Å². The topological polar surface area (TPSA) is 53.3 Å². The first-order chi connectivity index (χ1) is 12.9. The molecule has 1 aliphatic heterocycles. The van der Waals surface area contributed by atoms with Crippen LogP contribution in [0.25, 0.3) is 11.2 Å². The summed E-state index contributed by atoms with van der Waals surface area (Å²) < 4.78 is 2.08. The highest BCUT2D eigenvalue weighted by Gasteiger charge is 2.16. The van der Waals surface area contributed by atoms with Gasteiger partial charge in [-0.2, -0.15) is 0 Å². The lowest BCUT2D eigenvalue weighted by Crippen LogP contribution is -2.44. The van der Waals surface area contributed by atoms with Crippen molar-refractivity contribution in [2.24, 2.45) is 7.05 Å². The van der Waals surface area contributed by atoms with Gasteiger partial charge in [0.25, 0.3) is 0 Å². The van der Waals surface area contributed by atoms with Gasteiger partial charge in [-0.1, -0.05) is 0 Å². The lowest BCUT2D eigenvalue weighted by molar-refractivity contribution is 0.153. The first-order valence-corrected chi connectivity index (χ1v) is 10.8. The first kappa shape index (κ1) is 20.5. The molecule has 150 valence electrons. The van der Waals surface area contributed by atoms with Crippen LogP contribution in [-0.4, -0.2) is 100 Å². The summed E-state index contributed by atoms with van der Waals surface area (Å²) >= 11 is 1.79. The minimum Gasteiger partial charge on any atom is -0.316 e. The second-order valence-corrected chi connectivity index (χ2v) is 8.82. The molecule has 0 aliphatic carbocycles. The molecule has 27 heavy (non-hydrogen) atoms. The van der Waals surface area contributed by atoms with E-state index in [1.165, 1.54) is 26.2 Å². The predicted octanol–water partition coefficient (Wildman–Crippen LogP) is 1.51. The van der Waals surface area contributed by atoms with E-state index in [2.05, 4.69) is 40.4 Å². The minimum absolute atomic E-state index is 0.924. The predicted molar refractivity (Wildman–Crippen MR) is 113 cm³/mol. The third kappa shape index (κ3) is 5.40. The molecule has 1 aliphatic rings. The number of rotatable bonds is 8. The van der Waals surface area contributed by atoms with Crippen molar-refractivity contribution in [2.45, 2.75) is 24.8 Å². The standard InChI is InChI=1S/C19H33N7S/c1-15-20-17-18(25(15)5)21-16(22-19(17)27-14-13-23(2)3)7-6-8-26-11-9-24(4)10-12-26/h6-14H2,1-5H3. The number of aromatic nitrogens is 4. The van der Waals surface area contributed by atoms with Crippen molar-refractivity contribution in [1.29, 1.82) is 0 Å². The molecule has 3 rings (SSSR count). The maximum atomic E-state index is 4.88. The van der Waals surface area contributed by atoms with E-state index >= 15 is 0 Å². The molecule has 0 spiro atoms. The number of hydrogen-bond acceptors (Lipinski definition) is 7. The maximum Gasteiger partial charge on any atom is 0.164 e. The van der Waals surface area contributed by atoms with Crippen LogP contribution in [0.5, 0.6) is 0 Å². The zero-order valence-corrected chi connectivity index (χ0v) is 18.2. The molecule has 0 N–H and O–H groups in total. The average Bonchev–Trinajstić information content (AvgIpc) is 2.91. The summed E-state index contributed by atoms with van der Waals surface area (Å²) in [7, 11) is 8.45. The summed E-state index contributed by atoms with van der Waals surface area (Å²) in [4.78, 5) is 21.6. The third-order valence-electron chi connectivity index (χ3n) is 5.20. The van der Waals surface area contributed by atoms with Gasteiger partial charge >= 0.3 is 0 Å². The summed E-state index contributed by atoms with van der Waals surface area (Å²) in [5.41, 5.74) is 1.91. The lowest BCUT2D eigenvalue weighted by Gasteiger charge is -2.32. The molecule has 2 aromatic rings. The lowest BCUT2D eigenvalue weighted by atomic mass is 10.2. The van der Waals surface area contributed by atoms with Crippen LogP contribution in [0.2, 0.25) is 0 Å². The molecule has 1 fully saturated rings. The number of aryl methyl sites for hydroxylation is 3. The summed E-state index contributed by atoms with van der Waals surface area (Å²) in [6.45, 7) is 8.87. The van der Waals surface area contributed by atoms with E-state index in [0.29, 0.717) is 0 Å². The Morgan fingerprint density at radius 3 is 2.48 bits per heavy atom. The number of likely N-dealkylation sites (N-methyl/N-ethyl adjacent to an activating group) is 1. The molecule has 0 saturated carbocycles. The highest BCUT2D eigenvalue weighted by atomic mass is 32.2. The summed E-state index contributed by atoms with van der Waals surface area (Å²) in [5, 5.41) is 1.03. The van der Waals surface area contributed by atoms with E-state index in [1.54, 1.807) is 11.8 Å². The first-order valence-electron chi connectivity index (χ1n) is 9.82. The van der Waals surface area contributed by atoms with Gasteiger partial charge in [0.15, 0.2) is 5.65 Å². The van der Waals surface area contributed by atoms with Crippen molar-refractivity contribution in [3.8, 4) is 0 Å². The molecule has 0 aromatic carbocycles. The number of thioether (sulfide) groups is 1. The average molecular weight is 392 g/mol. The second kappa shape index (κ2) is 9.32. The molecular formula is C19H33N7S. The van der Waals surface area contributed by atoms with Gasteiger partial charge in [-0.25, -0.2) is 15.0 Å². The molecule has 0 amide bonds. The molecule has 3 heterocycles. The van der Waals surface area contributed by atoms with E-state index in [4.69, 9.17) is 15.0 Å². The fourth-order valence-electron chi connectivity index (χ4n) is 3.26. The van der Waals surface area contributed by atoms with Crippen molar-refractivity contribution < 1.29 is 0 Å². The Labute approximate surface area is 167 Å². The van der Waals surface area contributed by atoms with Gasteiger partial charge in [-0.3, -0.25) is 0 Å². The van der Waals surface area contributed by atoms with Crippen LogP contribution < -0.4 is 0 Å². The van der Waals surface area contributed by atoms with E-state index in [9.17, 15) is 0 Å². The van der Waals surface area contributed by atoms with Gasteiger partial charge in [0, 0.05) is 51.9 Å². The zero-order chi connectivity index (χ0) is 19.4. The van der Waals surface area contributed by atoms with Gasteiger partial charge in [-0.15, -0.1) is 11.8 Å². The van der Waals surface area contributed by atoms with E-state index in [-0.39, 0.29) is 0 Å². The number of nitrogens with zero attached hydrogens (tertiary/aromatic N) is 7. The molecule has 7 nitrogen and oxygen atoms in total. The maximum absolute atomic E-state index is 4.88. The van der Waals surface area contributed by atoms with Gasteiger partial charge in [0.05, 0.1) is 0 Å². The Kier molecular flexibility index (Phi) is 7.08. The monoisotopic (exact) mass is 391 g/mol. The smallest absolute Gasteiger partial charge is 0.164 e. The zero-order valence-electron chi connectivity index (χ0n) is 17.4. The van der Waals surface area contributed by atoms with Gasteiger partial charge < -0.3 is 19.3 Å². The van der Waals surface area contributed by atoms with Crippen molar-refractivity contribution in [2.75, 3.05) is 66.2 Å². The number of hydrogen-bond donors (Lipinski definition) is 0. The highest BCUT2D eigenvalue weighted by molar-refractivity contribution is 7.99. The fraction of sp³-hybridized carbons (Fsp3) is 0.737. The van der Waals surface area contributed by atoms with Gasteiger partial charge in [0.2, 0.25) is 0 Å². The normalized spacial score (nSPS) is 16.7. The molecule has 8 heteroatoms. The van der Waals surface area contributed by atoms with E-state index in [1.807, 2.05) is 14.0 Å². The Balaban J connectivity index is 1.67. The highest BCUT2D eigenvalue weighted by Crippen LogP contribution is 2.25. The Morgan fingerprint density at radius 2 is 1.78 bits per heavy atom. The molecule has 0 unspecified atom stereocenters. The molecule has 2 aromatic heterocycles. The summed E-state index contributed by atoms with van der Waals surface area (Å²) in [5.74, 6) is 2.95. The minimum atomic E-state index is 0.924. The van der Waals surface area contributed by atoms with Gasteiger partial charge in [0.1, 0.15) is 22.2 Å². The Bertz CT molecular complexity index is 750. The number of piperazine rings is 1. The molecule has 0 atom stereocenters. The quantitative estimate of drug-likeness (QED) is 0.499. The largest absolute Gasteiger partial charge is 0.316 e. The van der Waals surface area contributed by atoms with Crippen LogP contribution >= 0.6 is 11.8 Å². The van der Waals surface area contributed by atoms with E-state index in [0.717, 1.165) is 59.5 Å². The molecule has 0 bridgehead atoms. The Hall–Kier alpha value is -1.22. The molecular weight excluding hydrogens is 358 g/mol. The van der Waals surface area contributed by atoms with Crippen LogP contribution in [0, 0.1) is 6.92 Å². The summed E-state index contributed by atoms with van der Waals surface area (Å²) in [6, 6.07) is 0.